The number of ether oxygens (including phenoxy) is 2. The van der Waals surface area contributed by atoms with Gasteiger partial charge in [0, 0.05) is 43.7 Å². The number of fused-ring (bicyclic) bond motifs is 1. The van der Waals surface area contributed by atoms with Crippen LogP contribution in [-0.2, 0) is 4.79 Å². The van der Waals surface area contributed by atoms with Gasteiger partial charge in [-0.25, -0.2) is 13.2 Å². The third-order valence-corrected chi connectivity index (χ3v) is 7.66. The quantitative estimate of drug-likeness (QED) is 0.235. The van der Waals surface area contributed by atoms with Crippen molar-refractivity contribution in [2.45, 2.75) is 31.9 Å². The van der Waals surface area contributed by atoms with Crippen molar-refractivity contribution in [2.75, 3.05) is 52.3 Å². The van der Waals surface area contributed by atoms with Crippen LogP contribution in [0.3, 0.4) is 0 Å². The first-order chi connectivity index (χ1) is 19.0. The van der Waals surface area contributed by atoms with E-state index in [1.54, 1.807) is 43.4 Å². The molecule has 2 heterocycles. The predicted octanol–water partition coefficient (Wildman–Crippen LogP) is 5.76. The normalized spacial score (nSPS) is 16.1. The summed E-state index contributed by atoms with van der Waals surface area (Å²) in [6.45, 7) is 1.10. The van der Waals surface area contributed by atoms with E-state index >= 15 is 4.39 Å². The van der Waals surface area contributed by atoms with Crippen LogP contribution in [0.25, 0.3) is 10.9 Å². The fourth-order valence-electron chi connectivity index (χ4n) is 5.24. The Morgan fingerprint density at radius 1 is 1.18 bits per heavy atom. The first-order valence-corrected chi connectivity index (χ1v) is 13.1. The summed E-state index contributed by atoms with van der Waals surface area (Å²) in [6, 6.07) is 6.49. The highest BCUT2D eigenvalue weighted by Gasteiger charge is 2.42. The molecular formula is C29H33F4N3O4. The van der Waals surface area contributed by atoms with Crippen molar-refractivity contribution in [1.29, 1.82) is 0 Å². The maximum atomic E-state index is 16.0. The minimum Gasteiger partial charge on any atom is -0.497 e. The van der Waals surface area contributed by atoms with Crippen LogP contribution in [0.15, 0.2) is 36.5 Å². The molecule has 0 radical (unpaired) electrons. The fraction of sp³-hybridized carbons (Fsp3) is 0.448. The molecule has 1 fully saturated rings. The zero-order chi connectivity index (χ0) is 29.0. The number of methoxy groups -OCH3 is 1. The number of nitrogens with zero attached hydrogens (tertiary/aromatic N) is 3. The molecule has 11 heteroatoms. The largest absolute Gasteiger partial charge is 0.497 e. The Morgan fingerprint density at radius 2 is 1.90 bits per heavy atom. The van der Waals surface area contributed by atoms with Gasteiger partial charge < -0.3 is 19.5 Å². The van der Waals surface area contributed by atoms with E-state index in [1.807, 2.05) is 4.90 Å². The summed E-state index contributed by atoms with van der Waals surface area (Å²) >= 11 is 0. The lowest BCUT2D eigenvalue weighted by Crippen LogP contribution is -2.45. The topological polar surface area (TPSA) is 75.1 Å². The van der Waals surface area contributed by atoms with Crippen molar-refractivity contribution in [2.24, 2.45) is 5.41 Å². The standard InChI is InChI=1S/C29H33F4N3O4/c1-35(2)24-17-34-23-5-4-19(39-3)16-20(23)26(24)21(31)6-7-29(28(37)38)8-10-36(11-9-29)12-13-40-25-15-18(30)14-22(32)27(25)33/h4-5,14-17,21H,6-13H2,1-3H3,(H,37,38)/t21-/m1/s1. The molecule has 0 saturated carbocycles. The van der Waals surface area contributed by atoms with Crippen LogP contribution in [0.5, 0.6) is 11.5 Å². The molecule has 1 N–H and O–H groups in total. The van der Waals surface area contributed by atoms with Gasteiger partial charge in [-0.1, -0.05) is 0 Å². The summed E-state index contributed by atoms with van der Waals surface area (Å²) < 4.78 is 67.1. The van der Waals surface area contributed by atoms with Gasteiger partial charge in [-0.15, -0.1) is 0 Å². The lowest BCUT2D eigenvalue weighted by molar-refractivity contribution is -0.153. The van der Waals surface area contributed by atoms with E-state index in [-0.39, 0.29) is 19.4 Å². The van der Waals surface area contributed by atoms with E-state index < -0.39 is 40.8 Å². The summed E-state index contributed by atoms with van der Waals surface area (Å²) in [5, 5.41) is 10.8. The number of hydrogen-bond acceptors (Lipinski definition) is 6. The Morgan fingerprint density at radius 3 is 2.55 bits per heavy atom. The van der Waals surface area contributed by atoms with E-state index in [0.717, 1.165) is 6.07 Å². The second-order valence-electron chi connectivity index (χ2n) is 10.3. The number of pyridine rings is 1. The number of likely N-dealkylation sites (tertiary alicyclic amines) is 1. The number of alkyl halides is 1. The molecule has 4 rings (SSSR count). The Labute approximate surface area is 230 Å². The molecule has 40 heavy (non-hydrogen) atoms. The molecule has 0 unspecified atom stereocenters. The van der Waals surface area contributed by atoms with Crippen LogP contribution in [0.2, 0.25) is 0 Å². The number of carboxylic acids is 1. The lowest BCUT2D eigenvalue weighted by Gasteiger charge is -2.39. The van der Waals surface area contributed by atoms with E-state index in [1.165, 1.54) is 7.11 Å². The van der Waals surface area contributed by atoms with E-state index in [4.69, 9.17) is 9.47 Å². The molecule has 1 aromatic heterocycles. The van der Waals surface area contributed by atoms with Gasteiger partial charge in [0.1, 0.15) is 24.3 Å². The maximum absolute atomic E-state index is 16.0. The molecule has 2 aromatic carbocycles. The van der Waals surface area contributed by atoms with Gasteiger partial charge in [-0.2, -0.15) is 4.39 Å². The average molecular weight is 564 g/mol. The fourth-order valence-corrected chi connectivity index (χ4v) is 5.24. The van der Waals surface area contributed by atoms with Gasteiger partial charge in [0.05, 0.1) is 29.9 Å². The molecule has 1 atom stereocenters. The smallest absolute Gasteiger partial charge is 0.309 e. The third-order valence-electron chi connectivity index (χ3n) is 7.66. The summed E-state index contributed by atoms with van der Waals surface area (Å²) in [6.07, 6.45) is 0.930. The van der Waals surface area contributed by atoms with Gasteiger partial charge in [-0.05, 0) is 57.0 Å². The second-order valence-corrected chi connectivity index (χ2v) is 10.3. The van der Waals surface area contributed by atoms with Crippen LogP contribution in [0.1, 0.15) is 37.4 Å². The van der Waals surface area contributed by atoms with Crippen LogP contribution < -0.4 is 14.4 Å². The first-order valence-electron chi connectivity index (χ1n) is 13.1. The third kappa shape index (κ3) is 6.24. The lowest BCUT2D eigenvalue weighted by atomic mass is 9.74. The molecule has 0 aliphatic carbocycles. The number of aliphatic carboxylic acids is 1. The highest BCUT2D eigenvalue weighted by Crippen LogP contribution is 2.43. The summed E-state index contributed by atoms with van der Waals surface area (Å²) in [5.41, 5.74) is 0.582. The number of rotatable bonds is 11. The van der Waals surface area contributed by atoms with E-state index in [9.17, 15) is 23.1 Å². The van der Waals surface area contributed by atoms with Gasteiger partial charge in [0.25, 0.3) is 0 Å². The molecule has 1 aliphatic heterocycles. The zero-order valence-corrected chi connectivity index (χ0v) is 22.7. The van der Waals surface area contributed by atoms with Crippen molar-refractivity contribution in [1.82, 2.24) is 9.88 Å². The molecule has 1 saturated heterocycles. The minimum atomic E-state index is -1.43. The highest BCUT2D eigenvalue weighted by molar-refractivity contribution is 5.88. The summed E-state index contributed by atoms with van der Waals surface area (Å²) in [5.74, 6) is -4.45. The number of hydrogen-bond donors (Lipinski definition) is 1. The predicted molar refractivity (Wildman–Crippen MR) is 143 cm³/mol. The van der Waals surface area contributed by atoms with Crippen molar-refractivity contribution >= 4 is 22.6 Å². The summed E-state index contributed by atoms with van der Waals surface area (Å²) in [4.78, 5) is 20.6. The average Bonchev–Trinajstić information content (AvgIpc) is 2.93. The van der Waals surface area contributed by atoms with E-state index in [0.29, 0.717) is 66.4 Å². The van der Waals surface area contributed by atoms with Crippen molar-refractivity contribution in [3.63, 3.8) is 0 Å². The van der Waals surface area contributed by atoms with Crippen LogP contribution >= 0.6 is 0 Å². The van der Waals surface area contributed by atoms with Gasteiger partial charge >= 0.3 is 5.97 Å². The number of aromatic nitrogens is 1. The molecule has 0 spiro atoms. The van der Waals surface area contributed by atoms with Crippen molar-refractivity contribution in [3.8, 4) is 11.5 Å². The molecule has 1 aliphatic rings. The number of benzene rings is 2. The molecule has 0 bridgehead atoms. The second kappa shape index (κ2) is 12.3. The molecular weight excluding hydrogens is 530 g/mol. The Balaban J connectivity index is 1.41. The first kappa shape index (κ1) is 29.4. The zero-order valence-electron chi connectivity index (χ0n) is 22.7. The van der Waals surface area contributed by atoms with Crippen LogP contribution in [0, 0.1) is 22.9 Å². The molecule has 216 valence electrons. The SMILES string of the molecule is COc1ccc2ncc(N(C)C)c([C@H](F)CCC3(C(=O)O)CCN(CCOc4cc(F)cc(F)c4F)CC3)c2c1. The van der Waals surface area contributed by atoms with Crippen LogP contribution in [-0.4, -0.2) is 68.4 Å². The Bertz CT molecular complexity index is 1360. The number of halogens is 4. The number of anilines is 1. The van der Waals surface area contributed by atoms with Crippen molar-refractivity contribution in [3.05, 3.63) is 59.5 Å². The molecule has 3 aromatic rings. The Hall–Kier alpha value is -3.60. The van der Waals surface area contributed by atoms with E-state index in [2.05, 4.69) is 4.98 Å². The van der Waals surface area contributed by atoms with Gasteiger partial charge in [-0.3, -0.25) is 14.7 Å². The number of carboxylic acid groups (broad SMARTS) is 1. The Kier molecular flexibility index (Phi) is 9.02. The summed E-state index contributed by atoms with van der Waals surface area (Å²) in [7, 11) is 5.14. The monoisotopic (exact) mass is 563 g/mol. The molecule has 0 amide bonds. The maximum Gasteiger partial charge on any atom is 0.309 e. The number of carbonyl (C=O) groups is 1. The minimum absolute atomic E-state index is 0.0109. The highest BCUT2D eigenvalue weighted by atomic mass is 19.2. The van der Waals surface area contributed by atoms with Crippen LogP contribution in [0.4, 0.5) is 23.2 Å². The number of piperidine rings is 1. The molecule has 7 nitrogen and oxygen atoms in total. The van der Waals surface area contributed by atoms with Gasteiger partial charge in [0.15, 0.2) is 11.6 Å². The van der Waals surface area contributed by atoms with Crippen molar-refractivity contribution < 1.29 is 36.9 Å². The van der Waals surface area contributed by atoms with Gasteiger partial charge in [0.2, 0.25) is 5.82 Å².